The fourth-order valence-electron chi connectivity index (χ4n) is 2.09. The van der Waals surface area contributed by atoms with Crippen LogP contribution < -0.4 is 5.32 Å². The van der Waals surface area contributed by atoms with Crippen LogP contribution in [-0.2, 0) is 6.54 Å². The molecule has 5 heteroatoms. The Hall–Kier alpha value is -1.71. The summed E-state index contributed by atoms with van der Waals surface area (Å²) in [5, 5.41) is 4.81. The molecule has 1 N–H and O–H groups in total. The van der Waals surface area contributed by atoms with Crippen LogP contribution in [0.25, 0.3) is 5.65 Å². The minimum Gasteiger partial charge on any atom is -0.379 e. The van der Waals surface area contributed by atoms with Crippen LogP contribution in [0.15, 0.2) is 42.7 Å². The molecule has 1 aromatic carbocycles. The second-order valence-electron chi connectivity index (χ2n) is 4.61. The molecule has 2 aromatic heterocycles. The van der Waals surface area contributed by atoms with E-state index in [1.54, 1.807) is 0 Å². The fourth-order valence-corrected chi connectivity index (χ4v) is 2.43. The second-order valence-corrected chi connectivity index (χ2v) is 5.45. The molecule has 3 nitrogen and oxygen atoms in total. The van der Waals surface area contributed by atoms with Gasteiger partial charge in [0.2, 0.25) is 0 Å². The zero-order valence-corrected chi connectivity index (χ0v) is 12.4. The summed E-state index contributed by atoms with van der Waals surface area (Å²) in [6.45, 7) is 2.63. The first-order valence-corrected chi connectivity index (χ1v) is 7.01. The van der Waals surface area contributed by atoms with Gasteiger partial charge in [-0.3, -0.25) is 0 Å². The van der Waals surface area contributed by atoms with Gasteiger partial charge in [-0.05, 0) is 36.8 Å². The lowest BCUT2D eigenvalue weighted by Crippen LogP contribution is -2.01. The highest BCUT2D eigenvalue weighted by atomic mass is 35.5. The van der Waals surface area contributed by atoms with Gasteiger partial charge in [0.15, 0.2) is 0 Å². The molecule has 0 atom stereocenters. The van der Waals surface area contributed by atoms with Gasteiger partial charge >= 0.3 is 0 Å². The van der Waals surface area contributed by atoms with Crippen molar-refractivity contribution in [1.29, 1.82) is 0 Å². The van der Waals surface area contributed by atoms with Crippen molar-refractivity contribution in [3.8, 4) is 0 Å². The van der Waals surface area contributed by atoms with Crippen LogP contribution in [0.5, 0.6) is 0 Å². The molecule has 0 unspecified atom stereocenters. The first kappa shape index (κ1) is 13.3. The molecule has 0 aliphatic carbocycles. The predicted molar refractivity (Wildman–Crippen MR) is 83.7 cm³/mol. The minimum absolute atomic E-state index is 0.639. The highest BCUT2D eigenvalue weighted by molar-refractivity contribution is 6.31. The summed E-state index contributed by atoms with van der Waals surface area (Å²) in [5.74, 6) is 0. The molecule has 0 spiro atoms. The molecule has 0 saturated heterocycles. The highest BCUT2D eigenvalue weighted by Crippen LogP contribution is 2.23. The third-order valence-electron chi connectivity index (χ3n) is 3.19. The average molecular weight is 306 g/mol. The van der Waals surface area contributed by atoms with Crippen LogP contribution in [0, 0.1) is 6.92 Å². The number of fused-ring (bicyclic) bond motifs is 1. The maximum absolute atomic E-state index is 6.10. The van der Waals surface area contributed by atoms with Crippen molar-refractivity contribution in [2.24, 2.45) is 0 Å². The average Bonchev–Trinajstić information content (AvgIpc) is 2.82. The van der Waals surface area contributed by atoms with Gasteiger partial charge in [0.05, 0.1) is 17.3 Å². The molecule has 0 amide bonds. The molecular weight excluding hydrogens is 293 g/mol. The second kappa shape index (κ2) is 5.35. The summed E-state index contributed by atoms with van der Waals surface area (Å²) in [6.07, 6.45) is 3.81. The lowest BCUT2D eigenvalue weighted by Gasteiger charge is -2.08. The molecule has 0 saturated carbocycles. The highest BCUT2D eigenvalue weighted by Gasteiger charge is 2.04. The number of nitrogens with one attached hydrogen (secondary N) is 1. The van der Waals surface area contributed by atoms with Gasteiger partial charge in [-0.15, -0.1) is 0 Å². The van der Waals surface area contributed by atoms with Gasteiger partial charge in [0.25, 0.3) is 0 Å². The monoisotopic (exact) mass is 305 g/mol. The molecule has 0 fully saturated rings. The van der Waals surface area contributed by atoms with Gasteiger partial charge in [-0.2, -0.15) is 0 Å². The van der Waals surface area contributed by atoms with E-state index in [9.17, 15) is 0 Å². The largest absolute Gasteiger partial charge is 0.379 e. The SMILES string of the molecule is Cc1c(Cl)cccc1NCc1cn2cc(Cl)ccc2n1. The number of imidazole rings is 1. The molecule has 2 heterocycles. The van der Waals surface area contributed by atoms with Crippen molar-refractivity contribution in [1.82, 2.24) is 9.38 Å². The summed E-state index contributed by atoms with van der Waals surface area (Å²) >= 11 is 12.1. The van der Waals surface area contributed by atoms with Crippen LogP contribution in [0.4, 0.5) is 5.69 Å². The summed E-state index contributed by atoms with van der Waals surface area (Å²) in [6, 6.07) is 9.56. The van der Waals surface area contributed by atoms with Crippen LogP contribution >= 0.6 is 23.2 Å². The van der Waals surface area contributed by atoms with Gasteiger partial charge in [0.1, 0.15) is 5.65 Å². The Morgan fingerprint density at radius 1 is 1.15 bits per heavy atom. The van der Waals surface area contributed by atoms with Crippen LogP contribution in [-0.4, -0.2) is 9.38 Å². The molecule has 102 valence electrons. The van der Waals surface area contributed by atoms with E-state index in [-0.39, 0.29) is 0 Å². The molecule has 3 rings (SSSR count). The summed E-state index contributed by atoms with van der Waals surface area (Å²) < 4.78 is 1.92. The Morgan fingerprint density at radius 2 is 2.00 bits per heavy atom. The van der Waals surface area contributed by atoms with E-state index < -0.39 is 0 Å². The topological polar surface area (TPSA) is 29.3 Å². The van der Waals surface area contributed by atoms with E-state index in [4.69, 9.17) is 23.2 Å². The van der Waals surface area contributed by atoms with Gasteiger partial charge in [0, 0.05) is 23.1 Å². The van der Waals surface area contributed by atoms with E-state index in [0.29, 0.717) is 11.6 Å². The number of aromatic nitrogens is 2. The third-order valence-corrected chi connectivity index (χ3v) is 3.83. The third kappa shape index (κ3) is 2.60. The Morgan fingerprint density at radius 3 is 2.85 bits per heavy atom. The Balaban J connectivity index is 1.81. The number of pyridine rings is 1. The number of hydrogen-bond acceptors (Lipinski definition) is 2. The lowest BCUT2D eigenvalue weighted by molar-refractivity contribution is 1.07. The Kier molecular flexibility index (Phi) is 3.55. The number of nitrogens with zero attached hydrogens (tertiary/aromatic N) is 2. The summed E-state index contributed by atoms with van der Waals surface area (Å²) in [5.41, 5.74) is 3.90. The smallest absolute Gasteiger partial charge is 0.137 e. The number of anilines is 1. The predicted octanol–water partition coefficient (Wildman–Crippen LogP) is 4.56. The van der Waals surface area contributed by atoms with Crippen LogP contribution in [0.1, 0.15) is 11.3 Å². The number of halogens is 2. The van der Waals surface area contributed by atoms with Crippen LogP contribution in [0.3, 0.4) is 0 Å². The van der Waals surface area contributed by atoms with Crippen molar-refractivity contribution < 1.29 is 0 Å². The summed E-state index contributed by atoms with van der Waals surface area (Å²) in [7, 11) is 0. The van der Waals surface area contributed by atoms with Crippen molar-refractivity contribution in [2.75, 3.05) is 5.32 Å². The molecule has 0 bridgehead atoms. The molecular formula is C15H13Cl2N3. The van der Waals surface area contributed by atoms with Gasteiger partial charge < -0.3 is 9.72 Å². The number of rotatable bonds is 3. The van der Waals surface area contributed by atoms with Crippen LogP contribution in [0.2, 0.25) is 10.0 Å². The molecule has 0 radical (unpaired) electrons. The van der Waals surface area contributed by atoms with Crippen molar-refractivity contribution in [3.63, 3.8) is 0 Å². The lowest BCUT2D eigenvalue weighted by atomic mass is 10.2. The van der Waals surface area contributed by atoms with Gasteiger partial charge in [-0.25, -0.2) is 4.98 Å². The first-order chi connectivity index (χ1) is 9.63. The zero-order valence-electron chi connectivity index (χ0n) is 10.9. The van der Waals surface area contributed by atoms with E-state index in [1.165, 1.54) is 0 Å². The standard InChI is InChI=1S/C15H13Cl2N3/c1-10-13(17)3-2-4-14(10)18-7-12-9-20-8-11(16)5-6-15(20)19-12/h2-6,8-9,18H,7H2,1H3. The zero-order chi connectivity index (χ0) is 14.1. The maximum atomic E-state index is 6.10. The maximum Gasteiger partial charge on any atom is 0.137 e. The molecule has 0 aliphatic rings. The first-order valence-electron chi connectivity index (χ1n) is 6.25. The summed E-state index contributed by atoms with van der Waals surface area (Å²) in [4.78, 5) is 4.53. The molecule has 20 heavy (non-hydrogen) atoms. The Bertz CT molecular complexity index is 765. The van der Waals surface area contributed by atoms with Crippen molar-refractivity contribution in [2.45, 2.75) is 13.5 Å². The van der Waals surface area contributed by atoms with Gasteiger partial charge in [-0.1, -0.05) is 29.3 Å². The van der Waals surface area contributed by atoms with E-state index >= 15 is 0 Å². The van der Waals surface area contributed by atoms with E-state index in [0.717, 1.165) is 27.6 Å². The van der Waals surface area contributed by atoms with E-state index in [1.807, 2.05) is 54.0 Å². The number of hydrogen-bond donors (Lipinski definition) is 1. The molecule has 0 aliphatic heterocycles. The normalized spacial score (nSPS) is 10.9. The quantitative estimate of drug-likeness (QED) is 0.768. The van der Waals surface area contributed by atoms with Crippen molar-refractivity contribution >= 4 is 34.5 Å². The minimum atomic E-state index is 0.639. The Labute approximate surface area is 127 Å². The van der Waals surface area contributed by atoms with Crippen molar-refractivity contribution in [3.05, 3.63) is 64.0 Å². The molecule has 3 aromatic rings. The fraction of sp³-hybridized carbons (Fsp3) is 0.133. The van der Waals surface area contributed by atoms with E-state index in [2.05, 4.69) is 10.3 Å². The number of benzene rings is 1.